The number of nitriles is 1. The van der Waals surface area contributed by atoms with Crippen LogP contribution in [0.25, 0.3) is 0 Å². The molecule has 0 radical (unpaired) electrons. The Morgan fingerprint density at radius 3 is 2.42 bits per heavy atom. The Hall–Kier alpha value is -2.24. The lowest BCUT2D eigenvalue weighted by Gasteiger charge is -2.24. The minimum Gasteiger partial charge on any atom is -0.370 e. The van der Waals surface area contributed by atoms with Gasteiger partial charge in [0.05, 0.1) is 23.7 Å². The minimum atomic E-state index is -3.75. The molecular formula is C19H22N3O3S+. The molecule has 1 aliphatic heterocycles. The van der Waals surface area contributed by atoms with E-state index in [0.29, 0.717) is 0 Å². The Labute approximate surface area is 154 Å². The Morgan fingerprint density at radius 2 is 1.69 bits per heavy atom. The first-order chi connectivity index (χ1) is 12.6. The van der Waals surface area contributed by atoms with E-state index in [9.17, 15) is 8.42 Å². The van der Waals surface area contributed by atoms with Crippen LogP contribution in [0.15, 0.2) is 53.4 Å². The van der Waals surface area contributed by atoms with Crippen LogP contribution in [-0.2, 0) is 27.8 Å². The van der Waals surface area contributed by atoms with Crippen molar-refractivity contribution in [3.05, 3.63) is 65.2 Å². The molecule has 2 aromatic carbocycles. The molecule has 1 heterocycles. The van der Waals surface area contributed by atoms with Gasteiger partial charge in [0.1, 0.15) is 25.7 Å². The Kier molecular flexibility index (Phi) is 6.01. The van der Waals surface area contributed by atoms with Gasteiger partial charge in [-0.3, -0.25) is 0 Å². The fourth-order valence-corrected chi connectivity index (χ4v) is 4.21. The molecule has 3 rings (SSSR count). The molecule has 7 heteroatoms. The summed E-state index contributed by atoms with van der Waals surface area (Å²) in [6, 6.07) is 16.0. The lowest BCUT2D eigenvalue weighted by Crippen LogP contribution is -3.12. The quantitative estimate of drug-likeness (QED) is 0.771. The van der Waals surface area contributed by atoms with Gasteiger partial charge in [0.2, 0.25) is 10.0 Å². The maximum absolute atomic E-state index is 12.6. The second-order valence-electron chi connectivity index (χ2n) is 6.24. The number of quaternary nitrogens is 1. The lowest BCUT2D eigenvalue weighted by molar-refractivity contribution is -0.921. The summed E-state index contributed by atoms with van der Waals surface area (Å²) >= 11 is 0. The predicted molar refractivity (Wildman–Crippen MR) is 96.8 cm³/mol. The second kappa shape index (κ2) is 8.43. The third kappa shape index (κ3) is 4.48. The van der Waals surface area contributed by atoms with E-state index in [4.69, 9.17) is 10.00 Å². The summed E-state index contributed by atoms with van der Waals surface area (Å²) in [6.45, 7) is 4.47. The summed E-state index contributed by atoms with van der Waals surface area (Å²) in [6.07, 6.45) is 0. The average Bonchev–Trinajstić information content (AvgIpc) is 2.68. The van der Waals surface area contributed by atoms with Gasteiger partial charge in [-0.25, -0.2) is 13.1 Å². The van der Waals surface area contributed by atoms with Crippen molar-refractivity contribution in [2.75, 3.05) is 26.3 Å². The van der Waals surface area contributed by atoms with Gasteiger partial charge in [-0.15, -0.1) is 0 Å². The molecule has 0 amide bonds. The molecule has 1 saturated heterocycles. The van der Waals surface area contributed by atoms with E-state index in [1.54, 1.807) is 12.1 Å². The van der Waals surface area contributed by atoms with Crippen LogP contribution in [0, 0.1) is 11.3 Å². The maximum Gasteiger partial charge on any atom is 0.242 e. The van der Waals surface area contributed by atoms with E-state index in [1.165, 1.54) is 17.0 Å². The van der Waals surface area contributed by atoms with Crippen molar-refractivity contribution in [2.45, 2.75) is 18.0 Å². The molecular weight excluding hydrogens is 350 g/mol. The van der Waals surface area contributed by atoms with Crippen LogP contribution in [0.4, 0.5) is 0 Å². The van der Waals surface area contributed by atoms with Crippen LogP contribution in [-0.4, -0.2) is 34.7 Å². The zero-order valence-electron chi connectivity index (χ0n) is 14.4. The molecule has 0 aromatic heterocycles. The molecule has 136 valence electrons. The maximum atomic E-state index is 12.6. The topological polar surface area (TPSA) is 83.6 Å². The highest BCUT2D eigenvalue weighted by atomic mass is 32.2. The third-order valence-corrected chi connectivity index (χ3v) is 5.97. The van der Waals surface area contributed by atoms with E-state index in [0.717, 1.165) is 44.0 Å². The van der Waals surface area contributed by atoms with Gasteiger partial charge in [0.25, 0.3) is 0 Å². The van der Waals surface area contributed by atoms with Crippen molar-refractivity contribution < 1.29 is 18.1 Å². The van der Waals surface area contributed by atoms with Crippen molar-refractivity contribution in [1.82, 2.24) is 4.72 Å². The normalized spacial score (nSPS) is 15.5. The van der Waals surface area contributed by atoms with Crippen LogP contribution in [0.1, 0.15) is 16.7 Å². The molecule has 2 N–H and O–H groups in total. The average molecular weight is 372 g/mol. The van der Waals surface area contributed by atoms with Gasteiger partial charge >= 0.3 is 0 Å². The Morgan fingerprint density at radius 1 is 1.04 bits per heavy atom. The van der Waals surface area contributed by atoms with Crippen molar-refractivity contribution >= 4 is 10.0 Å². The lowest BCUT2D eigenvalue weighted by atomic mass is 10.1. The minimum absolute atomic E-state index is 0.0128. The first-order valence-electron chi connectivity index (χ1n) is 8.57. The molecule has 2 aromatic rings. The summed E-state index contributed by atoms with van der Waals surface area (Å²) in [5.41, 5.74) is 2.22. The third-order valence-electron chi connectivity index (χ3n) is 4.51. The molecule has 0 aliphatic carbocycles. The van der Waals surface area contributed by atoms with Crippen molar-refractivity contribution in [3.8, 4) is 6.07 Å². The fraction of sp³-hybridized carbons (Fsp3) is 0.316. The predicted octanol–water partition coefficient (Wildman–Crippen LogP) is 0.452. The first kappa shape index (κ1) is 18.5. The number of nitrogens with zero attached hydrogens (tertiary/aromatic N) is 1. The number of benzene rings is 2. The van der Waals surface area contributed by atoms with Crippen LogP contribution in [0.5, 0.6) is 0 Å². The molecule has 1 fully saturated rings. The van der Waals surface area contributed by atoms with Gasteiger partial charge in [0, 0.05) is 12.1 Å². The largest absolute Gasteiger partial charge is 0.370 e. The van der Waals surface area contributed by atoms with Crippen molar-refractivity contribution in [3.63, 3.8) is 0 Å². The van der Waals surface area contributed by atoms with Gasteiger partial charge in [-0.05, 0) is 17.7 Å². The Balaban J connectivity index is 1.74. The summed E-state index contributed by atoms with van der Waals surface area (Å²) in [5.74, 6) is 0. The number of sulfonamides is 1. The second-order valence-corrected chi connectivity index (χ2v) is 7.98. The first-order valence-corrected chi connectivity index (χ1v) is 10.1. The summed E-state index contributed by atoms with van der Waals surface area (Å²) < 4.78 is 33.2. The number of ether oxygens (including phenoxy) is 1. The van der Waals surface area contributed by atoms with Crippen molar-refractivity contribution in [2.24, 2.45) is 0 Å². The zero-order chi connectivity index (χ0) is 18.4. The Bertz CT molecular complexity index is 900. The number of hydrogen-bond donors (Lipinski definition) is 2. The van der Waals surface area contributed by atoms with E-state index >= 15 is 0 Å². The molecule has 6 nitrogen and oxygen atoms in total. The van der Waals surface area contributed by atoms with E-state index < -0.39 is 10.0 Å². The molecule has 0 saturated carbocycles. The van der Waals surface area contributed by atoms with Gasteiger partial charge in [-0.1, -0.05) is 36.4 Å². The van der Waals surface area contributed by atoms with Gasteiger partial charge in [-0.2, -0.15) is 5.26 Å². The summed E-state index contributed by atoms with van der Waals surface area (Å²) in [7, 11) is -3.75. The monoisotopic (exact) mass is 372 g/mol. The van der Waals surface area contributed by atoms with E-state index in [2.05, 4.69) is 4.72 Å². The smallest absolute Gasteiger partial charge is 0.242 e. The molecule has 0 bridgehead atoms. The van der Waals surface area contributed by atoms with Crippen LogP contribution in [0.2, 0.25) is 0 Å². The molecule has 1 aliphatic rings. The standard InChI is InChI=1S/C19H21N3O3S/c20-13-16-5-3-4-8-19(16)26(23,24)21-14-17-6-1-2-7-18(17)15-22-9-11-25-12-10-22/h1-8,21H,9-12,14-15H2/p+1. The SMILES string of the molecule is N#Cc1ccccc1S(=O)(=O)NCc1ccccc1C[NH+]1CCOCC1. The van der Waals surface area contributed by atoms with Gasteiger partial charge < -0.3 is 9.64 Å². The molecule has 26 heavy (non-hydrogen) atoms. The summed E-state index contributed by atoms with van der Waals surface area (Å²) in [4.78, 5) is 1.44. The van der Waals surface area contributed by atoms with Crippen LogP contribution < -0.4 is 9.62 Å². The highest BCUT2D eigenvalue weighted by Gasteiger charge is 2.20. The zero-order valence-corrected chi connectivity index (χ0v) is 15.3. The highest BCUT2D eigenvalue weighted by molar-refractivity contribution is 7.89. The summed E-state index contributed by atoms with van der Waals surface area (Å²) in [5, 5.41) is 9.14. The number of nitrogens with one attached hydrogen (secondary N) is 2. The van der Waals surface area contributed by atoms with Crippen LogP contribution in [0.3, 0.4) is 0 Å². The molecule has 0 spiro atoms. The number of morpholine rings is 1. The van der Waals surface area contributed by atoms with Gasteiger partial charge in [0.15, 0.2) is 0 Å². The van der Waals surface area contributed by atoms with Crippen LogP contribution >= 0.6 is 0 Å². The van der Waals surface area contributed by atoms with Crippen molar-refractivity contribution in [1.29, 1.82) is 5.26 Å². The molecule has 0 unspecified atom stereocenters. The molecule has 0 atom stereocenters. The highest BCUT2D eigenvalue weighted by Crippen LogP contribution is 2.15. The van der Waals surface area contributed by atoms with E-state index in [1.807, 2.05) is 30.3 Å². The fourth-order valence-electron chi connectivity index (χ4n) is 3.05. The number of rotatable bonds is 6. The number of hydrogen-bond acceptors (Lipinski definition) is 4. The van der Waals surface area contributed by atoms with E-state index in [-0.39, 0.29) is 17.0 Å².